The fourth-order valence-corrected chi connectivity index (χ4v) is 2.53. The van der Waals surface area contributed by atoms with Gasteiger partial charge in [-0.1, -0.05) is 6.07 Å². The number of nitrogens with zero attached hydrogens (tertiary/aromatic N) is 1. The molecule has 1 aliphatic rings. The van der Waals surface area contributed by atoms with Gasteiger partial charge >= 0.3 is 0 Å². The average molecular weight is 253 g/mol. The number of ketones is 1. The van der Waals surface area contributed by atoms with Crippen molar-refractivity contribution in [3.8, 4) is 0 Å². The zero-order valence-electron chi connectivity index (χ0n) is 10.5. The molecule has 1 unspecified atom stereocenters. The number of Topliss-reactive ketones (excluding diaryl/α,β-unsaturated/α-hetero) is 1. The van der Waals surface area contributed by atoms with Crippen molar-refractivity contribution in [2.75, 3.05) is 6.54 Å². The Bertz CT molecular complexity index is 447. The van der Waals surface area contributed by atoms with Crippen LogP contribution in [0, 0.1) is 11.6 Å². The van der Waals surface area contributed by atoms with Crippen LogP contribution in [0.4, 0.5) is 8.78 Å². The number of halogens is 2. The Kier molecular flexibility index (Phi) is 4.07. The average Bonchev–Trinajstić information content (AvgIpc) is 2.69. The SMILES string of the molecule is CC(=O)CC1CCCN1Cc1ccc(F)cc1F. The Morgan fingerprint density at radius 2 is 2.22 bits per heavy atom. The van der Waals surface area contributed by atoms with Gasteiger partial charge < -0.3 is 0 Å². The topological polar surface area (TPSA) is 20.3 Å². The highest BCUT2D eigenvalue weighted by atomic mass is 19.1. The van der Waals surface area contributed by atoms with Crippen LogP contribution in [0.25, 0.3) is 0 Å². The smallest absolute Gasteiger partial charge is 0.131 e. The Labute approximate surface area is 106 Å². The van der Waals surface area contributed by atoms with Gasteiger partial charge in [0.1, 0.15) is 17.4 Å². The van der Waals surface area contributed by atoms with Gasteiger partial charge in [-0.3, -0.25) is 9.69 Å². The molecule has 4 heteroatoms. The van der Waals surface area contributed by atoms with Crippen LogP contribution >= 0.6 is 0 Å². The highest BCUT2D eigenvalue weighted by Gasteiger charge is 2.26. The summed E-state index contributed by atoms with van der Waals surface area (Å²) >= 11 is 0. The summed E-state index contributed by atoms with van der Waals surface area (Å²) in [6.45, 7) is 2.90. The lowest BCUT2D eigenvalue weighted by Gasteiger charge is -2.23. The molecule has 0 bridgehead atoms. The zero-order chi connectivity index (χ0) is 13.1. The number of carbonyl (C=O) groups is 1. The van der Waals surface area contributed by atoms with Gasteiger partial charge in [0, 0.05) is 30.6 Å². The van der Waals surface area contributed by atoms with Gasteiger partial charge in [-0.15, -0.1) is 0 Å². The van der Waals surface area contributed by atoms with E-state index in [2.05, 4.69) is 4.90 Å². The molecule has 0 aliphatic carbocycles. The molecule has 0 spiro atoms. The third kappa shape index (κ3) is 3.13. The summed E-state index contributed by atoms with van der Waals surface area (Å²) < 4.78 is 26.4. The van der Waals surface area contributed by atoms with Crippen molar-refractivity contribution in [1.82, 2.24) is 4.90 Å². The predicted molar refractivity (Wildman–Crippen MR) is 65.1 cm³/mol. The maximum atomic E-state index is 13.6. The summed E-state index contributed by atoms with van der Waals surface area (Å²) in [7, 11) is 0. The van der Waals surface area contributed by atoms with Crippen LogP contribution in [0.5, 0.6) is 0 Å². The van der Waals surface area contributed by atoms with E-state index in [4.69, 9.17) is 0 Å². The quantitative estimate of drug-likeness (QED) is 0.822. The standard InChI is InChI=1S/C14H17F2NO/c1-10(18)7-13-3-2-6-17(13)9-11-4-5-12(15)8-14(11)16/h4-5,8,13H,2-3,6-7,9H2,1H3. The molecular formula is C14H17F2NO. The second kappa shape index (κ2) is 5.57. The van der Waals surface area contributed by atoms with Crippen LogP contribution in [0.1, 0.15) is 31.7 Å². The van der Waals surface area contributed by atoms with Gasteiger partial charge in [-0.2, -0.15) is 0 Å². The molecule has 0 amide bonds. The molecule has 1 aliphatic heterocycles. The van der Waals surface area contributed by atoms with Crippen molar-refractivity contribution in [2.45, 2.75) is 38.8 Å². The molecule has 0 N–H and O–H groups in total. The molecule has 2 nitrogen and oxygen atoms in total. The van der Waals surface area contributed by atoms with Crippen molar-refractivity contribution in [3.05, 3.63) is 35.4 Å². The lowest BCUT2D eigenvalue weighted by atomic mass is 10.1. The van der Waals surface area contributed by atoms with Crippen LogP contribution in [0.15, 0.2) is 18.2 Å². The lowest BCUT2D eigenvalue weighted by Crippen LogP contribution is -2.30. The van der Waals surface area contributed by atoms with E-state index in [0.717, 1.165) is 25.5 Å². The minimum Gasteiger partial charge on any atom is -0.300 e. The highest BCUT2D eigenvalue weighted by Crippen LogP contribution is 2.23. The van der Waals surface area contributed by atoms with E-state index >= 15 is 0 Å². The van der Waals surface area contributed by atoms with Crippen LogP contribution in [-0.4, -0.2) is 23.3 Å². The first-order valence-corrected chi connectivity index (χ1v) is 6.23. The van der Waals surface area contributed by atoms with Crippen LogP contribution < -0.4 is 0 Å². The first-order chi connectivity index (χ1) is 8.56. The zero-order valence-corrected chi connectivity index (χ0v) is 10.5. The largest absolute Gasteiger partial charge is 0.300 e. The normalized spacial score (nSPS) is 20.3. The Balaban J connectivity index is 2.05. The van der Waals surface area contributed by atoms with E-state index in [1.165, 1.54) is 12.1 Å². The van der Waals surface area contributed by atoms with Gasteiger partial charge in [-0.25, -0.2) is 8.78 Å². The maximum Gasteiger partial charge on any atom is 0.131 e. The first-order valence-electron chi connectivity index (χ1n) is 6.23. The molecule has 1 atom stereocenters. The first kappa shape index (κ1) is 13.1. The van der Waals surface area contributed by atoms with Gasteiger partial charge in [0.15, 0.2) is 0 Å². The molecule has 18 heavy (non-hydrogen) atoms. The minimum atomic E-state index is -0.557. The molecule has 1 aromatic carbocycles. The fraction of sp³-hybridized carbons (Fsp3) is 0.500. The van der Waals surface area contributed by atoms with Crippen LogP contribution in [-0.2, 0) is 11.3 Å². The Morgan fingerprint density at radius 3 is 2.89 bits per heavy atom. The summed E-state index contributed by atoms with van der Waals surface area (Å²) in [5.41, 5.74) is 0.492. The van der Waals surface area contributed by atoms with Crippen molar-refractivity contribution >= 4 is 5.78 Å². The summed E-state index contributed by atoms with van der Waals surface area (Å²) in [4.78, 5) is 13.3. The van der Waals surface area contributed by atoms with Crippen molar-refractivity contribution in [2.24, 2.45) is 0 Å². The molecule has 1 saturated heterocycles. The number of carbonyl (C=O) groups excluding carboxylic acids is 1. The lowest BCUT2D eigenvalue weighted by molar-refractivity contribution is -0.118. The van der Waals surface area contributed by atoms with Crippen molar-refractivity contribution in [1.29, 1.82) is 0 Å². The Morgan fingerprint density at radius 1 is 1.44 bits per heavy atom. The monoisotopic (exact) mass is 253 g/mol. The third-order valence-corrected chi connectivity index (χ3v) is 3.41. The summed E-state index contributed by atoms with van der Waals surface area (Å²) in [5.74, 6) is -0.909. The fourth-order valence-electron chi connectivity index (χ4n) is 2.53. The van der Waals surface area contributed by atoms with E-state index in [1.807, 2.05) is 0 Å². The van der Waals surface area contributed by atoms with Gasteiger partial charge in [0.05, 0.1) is 0 Å². The number of benzene rings is 1. The molecule has 0 radical (unpaired) electrons. The number of hydrogen-bond acceptors (Lipinski definition) is 2. The van der Waals surface area contributed by atoms with E-state index in [-0.39, 0.29) is 11.8 Å². The minimum absolute atomic E-state index is 0.159. The third-order valence-electron chi connectivity index (χ3n) is 3.41. The highest BCUT2D eigenvalue weighted by molar-refractivity contribution is 5.76. The second-order valence-electron chi connectivity index (χ2n) is 4.91. The van der Waals surface area contributed by atoms with Crippen molar-refractivity contribution in [3.63, 3.8) is 0 Å². The Hall–Kier alpha value is -1.29. The molecular weight excluding hydrogens is 236 g/mol. The summed E-state index contributed by atoms with van der Waals surface area (Å²) in [6, 6.07) is 3.86. The molecule has 1 heterocycles. The van der Waals surface area contributed by atoms with Crippen molar-refractivity contribution < 1.29 is 13.6 Å². The van der Waals surface area contributed by atoms with Gasteiger partial charge in [-0.05, 0) is 32.4 Å². The summed E-state index contributed by atoms with van der Waals surface area (Å²) in [6.07, 6.45) is 2.52. The molecule has 0 aromatic heterocycles. The maximum absolute atomic E-state index is 13.6. The van der Waals surface area contributed by atoms with E-state index in [0.29, 0.717) is 18.5 Å². The molecule has 0 saturated carbocycles. The van der Waals surface area contributed by atoms with Gasteiger partial charge in [0.25, 0.3) is 0 Å². The predicted octanol–water partition coefficient (Wildman–Crippen LogP) is 2.91. The molecule has 1 aromatic rings. The molecule has 98 valence electrons. The van der Waals surface area contributed by atoms with E-state index in [9.17, 15) is 13.6 Å². The van der Waals surface area contributed by atoms with Crippen LogP contribution in [0.2, 0.25) is 0 Å². The summed E-state index contributed by atoms with van der Waals surface area (Å²) in [5, 5.41) is 0. The van der Waals surface area contributed by atoms with E-state index < -0.39 is 11.6 Å². The number of likely N-dealkylation sites (tertiary alicyclic amines) is 1. The number of rotatable bonds is 4. The second-order valence-corrected chi connectivity index (χ2v) is 4.91. The molecule has 2 rings (SSSR count). The van der Waals surface area contributed by atoms with Gasteiger partial charge in [0.2, 0.25) is 0 Å². The van der Waals surface area contributed by atoms with Crippen LogP contribution in [0.3, 0.4) is 0 Å². The molecule has 1 fully saturated rings. The number of hydrogen-bond donors (Lipinski definition) is 0. The van der Waals surface area contributed by atoms with E-state index in [1.54, 1.807) is 6.92 Å².